The van der Waals surface area contributed by atoms with Crippen LogP contribution in [0, 0.1) is 0 Å². The van der Waals surface area contributed by atoms with E-state index in [4.69, 9.17) is 44.3 Å². The van der Waals surface area contributed by atoms with E-state index >= 15 is 0 Å². The Morgan fingerprint density at radius 1 is 1.18 bits per heavy atom. The van der Waals surface area contributed by atoms with E-state index in [0.29, 0.717) is 10.9 Å². The average Bonchev–Trinajstić information content (AvgIpc) is 3.07. The van der Waals surface area contributed by atoms with E-state index in [1.54, 1.807) is 6.92 Å². The molecule has 0 radical (unpaired) electrons. The Morgan fingerprint density at radius 2 is 1.82 bits per heavy atom. The van der Waals surface area contributed by atoms with Gasteiger partial charge in [-0.25, -0.2) is 0 Å². The number of halogens is 3. The first kappa shape index (κ1) is 21.4. The van der Waals surface area contributed by atoms with E-state index in [1.807, 2.05) is 0 Å². The molecule has 2 aromatic rings. The number of rotatable bonds is 5. The van der Waals surface area contributed by atoms with Crippen molar-refractivity contribution < 1.29 is 29.3 Å². The molecule has 2 heterocycles. The number of aromatic nitrogens is 1. The highest BCUT2D eigenvalue weighted by atomic mass is 35.5. The summed E-state index contributed by atoms with van der Waals surface area (Å²) < 4.78 is 12.0. The van der Waals surface area contributed by atoms with E-state index in [2.05, 4.69) is 0 Å². The van der Waals surface area contributed by atoms with Crippen molar-refractivity contribution in [3.63, 3.8) is 0 Å². The van der Waals surface area contributed by atoms with Crippen LogP contribution in [0.5, 0.6) is 0 Å². The van der Waals surface area contributed by atoms with Crippen LogP contribution < -0.4 is 0 Å². The van der Waals surface area contributed by atoms with Gasteiger partial charge in [0.25, 0.3) is 0 Å². The number of esters is 1. The zero-order valence-corrected chi connectivity index (χ0v) is 17.3. The SMILES string of the molecule is CCC(=O)c1c(Cl)n(C2O[C@H](COC(C)=O)[C@@H](O)[C@H]2O)c2cc(Cl)c(Cl)cc12. The van der Waals surface area contributed by atoms with Crippen molar-refractivity contribution in [1.82, 2.24) is 4.57 Å². The molecule has 0 saturated carbocycles. The average molecular weight is 451 g/mol. The quantitative estimate of drug-likeness (QED) is 0.535. The Kier molecular flexibility index (Phi) is 6.24. The van der Waals surface area contributed by atoms with Crippen molar-refractivity contribution in [3.05, 3.63) is 32.9 Å². The monoisotopic (exact) mass is 449 g/mol. The van der Waals surface area contributed by atoms with Gasteiger partial charge in [-0.3, -0.25) is 9.59 Å². The first-order chi connectivity index (χ1) is 13.2. The normalized spacial score (nSPS) is 24.7. The molecular formula is C18H18Cl3NO6. The molecule has 1 aliphatic heterocycles. The zero-order valence-electron chi connectivity index (χ0n) is 15.0. The van der Waals surface area contributed by atoms with Crippen molar-refractivity contribution in [2.24, 2.45) is 0 Å². The standard InChI is InChI=1S/C18H18Cl3NO6/c1-3-12(24)14-8-4-9(19)10(20)5-11(8)22(17(14)21)18-16(26)15(25)13(28-18)6-27-7(2)23/h4-5,13,15-16,18,25-26H,3,6H2,1-2H3/t13-,15-,16-,18?/m1/s1. The summed E-state index contributed by atoms with van der Waals surface area (Å²) in [6, 6.07) is 3.04. The molecule has 0 spiro atoms. The number of fused-ring (bicyclic) bond motifs is 1. The van der Waals surface area contributed by atoms with Crippen LogP contribution in [0.15, 0.2) is 12.1 Å². The van der Waals surface area contributed by atoms with E-state index in [9.17, 15) is 19.8 Å². The van der Waals surface area contributed by atoms with E-state index in [0.717, 1.165) is 0 Å². The third-order valence-electron chi connectivity index (χ3n) is 4.63. The van der Waals surface area contributed by atoms with Gasteiger partial charge in [0.1, 0.15) is 30.1 Å². The Labute approximate surface area is 175 Å². The first-order valence-electron chi connectivity index (χ1n) is 8.53. The van der Waals surface area contributed by atoms with Crippen molar-refractivity contribution in [1.29, 1.82) is 0 Å². The van der Waals surface area contributed by atoms with Crippen LogP contribution in [0.3, 0.4) is 0 Å². The molecule has 152 valence electrons. The summed E-state index contributed by atoms with van der Waals surface area (Å²) in [6.45, 7) is 2.67. The Hall–Kier alpha value is -1.35. The number of Topliss-reactive ketones (excluding diaryl/α,β-unsaturated/α-hetero) is 1. The van der Waals surface area contributed by atoms with Crippen LogP contribution in [0.2, 0.25) is 15.2 Å². The maximum Gasteiger partial charge on any atom is 0.302 e. The fourth-order valence-corrected chi connectivity index (χ4v) is 3.96. The van der Waals surface area contributed by atoms with Crippen LogP contribution >= 0.6 is 34.8 Å². The summed E-state index contributed by atoms with van der Waals surface area (Å²) in [4.78, 5) is 23.5. The lowest BCUT2D eigenvalue weighted by Crippen LogP contribution is -2.34. The number of carbonyl (C=O) groups is 2. The van der Waals surface area contributed by atoms with Gasteiger partial charge in [0, 0.05) is 18.7 Å². The molecule has 28 heavy (non-hydrogen) atoms. The largest absolute Gasteiger partial charge is 0.463 e. The van der Waals surface area contributed by atoms with Gasteiger partial charge in [-0.2, -0.15) is 0 Å². The number of ketones is 1. The van der Waals surface area contributed by atoms with E-state index < -0.39 is 30.5 Å². The molecule has 1 fully saturated rings. The van der Waals surface area contributed by atoms with E-state index in [-0.39, 0.29) is 39.6 Å². The van der Waals surface area contributed by atoms with Gasteiger partial charge in [-0.05, 0) is 12.1 Å². The zero-order chi connectivity index (χ0) is 20.7. The molecule has 1 aromatic carbocycles. The van der Waals surface area contributed by atoms with Gasteiger partial charge in [0.15, 0.2) is 12.0 Å². The molecule has 3 rings (SSSR count). The van der Waals surface area contributed by atoms with Gasteiger partial charge in [-0.1, -0.05) is 41.7 Å². The summed E-state index contributed by atoms with van der Waals surface area (Å²) in [5.74, 6) is -0.771. The van der Waals surface area contributed by atoms with Crippen molar-refractivity contribution in [2.45, 2.75) is 44.8 Å². The number of ether oxygens (including phenoxy) is 2. The Balaban J connectivity index is 2.12. The van der Waals surface area contributed by atoms with Crippen LogP contribution in [-0.2, 0) is 14.3 Å². The summed E-state index contributed by atoms with van der Waals surface area (Å²) in [5, 5.41) is 21.8. The second-order valence-electron chi connectivity index (χ2n) is 6.44. The predicted octanol–water partition coefficient (Wildman–Crippen LogP) is 3.38. The fourth-order valence-electron chi connectivity index (χ4n) is 3.24. The molecule has 4 atom stereocenters. The van der Waals surface area contributed by atoms with Crippen LogP contribution in [0.4, 0.5) is 0 Å². The smallest absolute Gasteiger partial charge is 0.302 e. The lowest BCUT2D eigenvalue weighted by Gasteiger charge is -2.19. The molecule has 1 saturated heterocycles. The number of aliphatic hydroxyl groups excluding tert-OH is 2. The van der Waals surface area contributed by atoms with Crippen molar-refractivity contribution >= 4 is 57.5 Å². The highest BCUT2D eigenvalue weighted by molar-refractivity contribution is 6.43. The molecule has 0 amide bonds. The van der Waals surface area contributed by atoms with Gasteiger partial charge in [0.2, 0.25) is 0 Å². The summed E-state index contributed by atoms with van der Waals surface area (Å²) in [6.07, 6.45) is -4.60. The van der Waals surface area contributed by atoms with Gasteiger partial charge >= 0.3 is 5.97 Å². The number of hydrogen-bond acceptors (Lipinski definition) is 6. The van der Waals surface area contributed by atoms with Gasteiger partial charge < -0.3 is 24.3 Å². The second kappa shape index (κ2) is 8.18. The van der Waals surface area contributed by atoms with Crippen LogP contribution in [0.1, 0.15) is 36.9 Å². The van der Waals surface area contributed by atoms with Crippen LogP contribution in [-0.4, -0.2) is 51.5 Å². The lowest BCUT2D eigenvalue weighted by molar-refractivity contribution is -0.147. The number of nitrogens with zero attached hydrogens (tertiary/aromatic N) is 1. The van der Waals surface area contributed by atoms with Crippen molar-refractivity contribution in [2.75, 3.05) is 6.61 Å². The second-order valence-corrected chi connectivity index (χ2v) is 7.62. The minimum atomic E-state index is -1.38. The number of benzene rings is 1. The van der Waals surface area contributed by atoms with Crippen molar-refractivity contribution in [3.8, 4) is 0 Å². The third-order valence-corrected chi connectivity index (χ3v) is 5.72. The molecular weight excluding hydrogens is 433 g/mol. The Bertz CT molecular complexity index is 943. The maximum atomic E-state index is 12.5. The molecule has 0 bridgehead atoms. The number of aliphatic hydroxyl groups is 2. The molecule has 0 aliphatic carbocycles. The molecule has 7 nitrogen and oxygen atoms in total. The topological polar surface area (TPSA) is 98.0 Å². The first-order valence-corrected chi connectivity index (χ1v) is 9.67. The lowest BCUT2D eigenvalue weighted by atomic mass is 10.1. The highest BCUT2D eigenvalue weighted by Gasteiger charge is 2.45. The molecule has 1 unspecified atom stereocenters. The number of carbonyl (C=O) groups excluding carboxylic acids is 2. The fraction of sp³-hybridized carbons (Fsp3) is 0.444. The predicted molar refractivity (Wildman–Crippen MR) is 104 cm³/mol. The minimum absolute atomic E-state index is 0.0320. The highest BCUT2D eigenvalue weighted by Crippen LogP contribution is 2.41. The summed E-state index contributed by atoms with van der Waals surface area (Å²) in [7, 11) is 0. The van der Waals surface area contributed by atoms with E-state index in [1.165, 1.54) is 23.6 Å². The van der Waals surface area contributed by atoms with Crippen LogP contribution in [0.25, 0.3) is 10.9 Å². The summed E-state index contributed by atoms with van der Waals surface area (Å²) >= 11 is 18.7. The number of hydrogen-bond donors (Lipinski definition) is 2. The molecule has 1 aliphatic rings. The minimum Gasteiger partial charge on any atom is -0.463 e. The third kappa shape index (κ3) is 3.63. The molecule has 1 aromatic heterocycles. The Morgan fingerprint density at radius 3 is 2.43 bits per heavy atom. The molecule has 10 heteroatoms. The maximum absolute atomic E-state index is 12.5. The van der Waals surface area contributed by atoms with Gasteiger partial charge in [-0.15, -0.1) is 0 Å². The van der Waals surface area contributed by atoms with Gasteiger partial charge in [0.05, 0.1) is 21.1 Å². The molecule has 2 N–H and O–H groups in total. The summed E-state index contributed by atoms with van der Waals surface area (Å²) in [5.41, 5.74) is 0.645.